The van der Waals surface area contributed by atoms with Gasteiger partial charge in [0, 0.05) is 11.8 Å². The van der Waals surface area contributed by atoms with E-state index in [-0.39, 0.29) is 21.5 Å². The second-order valence-electron chi connectivity index (χ2n) is 9.07. The summed E-state index contributed by atoms with van der Waals surface area (Å²) in [7, 11) is -3.21. The number of fused-ring (bicyclic) bond motifs is 1. The highest BCUT2D eigenvalue weighted by Gasteiger charge is 2.37. The van der Waals surface area contributed by atoms with Crippen LogP contribution in [0.25, 0.3) is 6.08 Å². The molecule has 0 bridgehead atoms. The third-order valence-corrected chi connectivity index (χ3v) is 7.00. The van der Waals surface area contributed by atoms with E-state index >= 15 is 0 Å². The van der Waals surface area contributed by atoms with E-state index in [1.807, 2.05) is 6.07 Å². The number of carbonyl (C=O) groups excluding carboxylic acids is 1. The summed E-state index contributed by atoms with van der Waals surface area (Å²) in [5.41, 5.74) is 4.27. The van der Waals surface area contributed by atoms with Crippen LogP contribution in [0.3, 0.4) is 0 Å². The number of rotatable bonds is 4. The predicted octanol–water partition coefficient (Wildman–Crippen LogP) is 5.34. The number of hydrogen-bond acceptors (Lipinski definition) is 3. The Morgan fingerprint density at radius 2 is 1.46 bits per heavy atom. The zero-order chi connectivity index (χ0) is 20.7. The first-order chi connectivity index (χ1) is 12.9. The Morgan fingerprint density at radius 1 is 0.893 bits per heavy atom. The number of benzene rings is 2. The molecule has 0 atom stereocenters. The summed E-state index contributed by atoms with van der Waals surface area (Å²) in [6.07, 6.45) is 6.71. The van der Waals surface area contributed by atoms with Crippen LogP contribution in [-0.4, -0.2) is 20.5 Å². The molecule has 0 unspecified atom stereocenters. The Labute approximate surface area is 168 Å². The van der Waals surface area contributed by atoms with Gasteiger partial charge in [-0.25, -0.2) is 8.42 Å². The average Bonchev–Trinajstić information content (AvgIpc) is 2.63. The number of carbonyl (C=O) groups is 1. The molecule has 0 amide bonds. The zero-order valence-electron chi connectivity index (χ0n) is 17.2. The molecule has 0 heterocycles. The van der Waals surface area contributed by atoms with Gasteiger partial charge in [-0.3, -0.25) is 4.79 Å². The van der Waals surface area contributed by atoms with Gasteiger partial charge in [-0.15, -0.1) is 0 Å². The quantitative estimate of drug-likeness (QED) is 0.518. The lowest BCUT2D eigenvalue weighted by molar-refractivity contribution is 0.104. The van der Waals surface area contributed by atoms with E-state index in [0.29, 0.717) is 5.56 Å². The lowest BCUT2D eigenvalue weighted by Crippen LogP contribution is -2.34. The third-order valence-electron chi connectivity index (χ3n) is 5.87. The van der Waals surface area contributed by atoms with Gasteiger partial charge in [0.1, 0.15) is 0 Å². The highest BCUT2D eigenvalue weighted by Crippen LogP contribution is 2.45. The second kappa shape index (κ2) is 7.00. The molecule has 2 aromatic rings. The van der Waals surface area contributed by atoms with E-state index in [0.717, 1.165) is 18.4 Å². The number of ketones is 1. The molecule has 1 aliphatic rings. The van der Waals surface area contributed by atoms with Crippen LogP contribution in [0.5, 0.6) is 0 Å². The van der Waals surface area contributed by atoms with Crippen LogP contribution in [-0.2, 0) is 20.7 Å². The van der Waals surface area contributed by atoms with Gasteiger partial charge in [-0.05, 0) is 64.6 Å². The first-order valence-corrected chi connectivity index (χ1v) is 11.5. The van der Waals surface area contributed by atoms with Crippen molar-refractivity contribution in [2.45, 2.75) is 56.3 Å². The first-order valence-electron chi connectivity index (χ1n) is 9.58. The largest absolute Gasteiger partial charge is 0.289 e. The van der Waals surface area contributed by atoms with E-state index < -0.39 is 9.84 Å². The Bertz CT molecular complexity index is 1040. The van der Waals surface area contributed by atoms with E-state index in [4.69, 9.17) is 0 Å². The third kappa shape index (κ3) is 4.12. The highest BCUT2D eigenvalue weighted by atomic mass is 32.2. The van der Waals surface area contributed by atoms with Crippen molar-refractivity contribution >= 4 is 21.7 Å². The topological polar surface area (TPSA) is 51.2 Å². The predicted molar refractivity (Wildman–Crippen MR) is 115 cm³/mol. The fourth-order valence-corrected chi connectivity index (χ4v) is 4.47. The SMILES string of the molecule is CC1(C)CCC(C)(C)c2cc(C(=O)/C=C/c3ccc(S(C)(=O)=O)cc3)ccc21. The second-order valence-corrected chi connectivity index (χ2v) is 11.1. The fourth-order valence-electron chi connectivity index (χ4n) is 3.84. The van der Waals surface area contributed by atoms with Crippen molar-refractivity contribution < 1.29 is 13.2 Å². The zero-order valence-corrected chi connectivity index (χ0v) is 18.1. The minimum absolute atomic E-state index is 0.0471. The van der Waals surface area contributed by atoms with Gasteiger partial charge in [0.05, 0.1) is 4.90 Å². The van der Waals surface area contributed by atoms with Gasteiger partial charge in [0.15, 0.2) is 15.6 Å². The van der Waals surface area contributed by atoms with E-state index in [2.05, 4.69) is 39.8 Å². The summed E-state index contributed by atoms with van der Waals surface area (Å²) in [6, 6.07) is 12.6. The molecule has 0 aliphatic heterocycles. The van der Waals surface area contributed by atoms with Crippen molar-refractivity contribution in [2.24, 2.45) is 0 Å². The Morgan fingerprint density at radius 3 is 2.04 bits per heavy atom. The molecule has 2 aromatic carbocycles. The van der Waals surface area contributed by atoms with Crippen LogP contribution in [0.15, 0.2) is 53.4 Å². The molecular weight excluding hydrogens is 368 g/mol. The van der Waals surface area contributed by atoms with Gasteiger partial charge in [0.25, 0.3) is 0 Å². The minimum Gasteiger partial charge on any atom is -0.289 e. The van der Waals surface area contributed by atoms with Crippen molar-refractivity contribution in [3.8, 4) is 0 Å². The molecule has 0 fully saturated rings. The number of hydrogen-bond donors (Lipinski definition) is 0. The Hall–Kier alpha value is -2.20. The molecule has 1 aliphatic carbocycles. The molecule has 0 saturated carbocycles. The van der Waals surface area contributed by atoms with Crippen LogP contribution in [0.4, 0.5) is 0 Å². The molecular formula is C24H28O3S. The fraction of sp³-hybridized carbons (Fsp3) is 0.375. The first kappa shape index (κ1) is 20.5. The van der Waals surface area contributed by atoms with Crippen molar-refractivity contribution in [3.63, 3.8) is 0 Å². The van der Waals surface area contributed by atoms with Crippen LogP contribution < -0.4 is 0 Å². The number of sulfone groups is 1. The van der Waals surface area contributed by atoms with Gasteiger partial charge in [-0.2, -0.15) is 0 Å². The van der Waals surface area contributed by atoms with E-state index in [9.17, 15) is 13.2 Å². The summed E-state index contributed by atoms with van der Waals surface area (Å²) < 4.78 is 23.1. The van der Waals surface area contributed by atoms with Crippen LogP contribution in [0.2, 0.25) is 0 Å². The average molecular weight is 397 g/mol. The molecule has 28 heavy (non-hydrogen) atoms. The van der Waals surface area contributed by atoms with E-state index in [1.54, 1.807) is 36.4 Å². The molecule has 3 nitrogen and oxygen atoms in total. The van der Waals surface area contributed by atoms with Crippen LogP contribution in [0.1, 0.15) is 67.6 Å². The Kier molecular flexibility index (Phi) is 5.13. The summed E-state index contributed by atoms with van der Waals surface area (Å²) in [4.78, 5) is 13.0. The van der Waals surface area contributed by atoms with Crippen LogP contribution in [0, 0.1) is 0 Å². The molecule has 0 spiro atoms. The molecule has 0 N–H and O–H groups in total. The van der Waals surface area contributed by atoms with Gasteiger partial charge < -0.3 is 0 Å². The standard InChI is InChI=1S/C24H28O3S/c1-23(2)14-15-24(3,4)21-16-18(9-12-20(21)23)22(25)13-8-17-6-10-19(11-7-17)28(5,26)27/h6-13,16H,14-15H2,1-5H3/b13-8+. The van der Waals surface area contributed by atoms with Crippen LogP contribution >= 0.6 is 0 Å². The smallest absolute Gasteiger partial charge is 0.185 e. The maximum absolute atomic E-state index is 12.7. The normalized spacial score (nSPS) is 18.0. The molecule has 4 heteroatoms. The lowest BCUT2D eigenvalue weighted by Gasteiger charge is -2.42. The van der Waals surface area contributed by atoms with Crippen molar-refractivity contribution in [3.05, 3.63) is 70.8 Å². The highest BCUT2D eigenvalue weighted by molar-refractivity contribution is 7.90. The molecule has 3 rings (SSSR count). The van der Waals surface area contributed by atoms with Gasteiger partial charge in [0.2, 0.25) is 0 Å². The summed E-state index contributed by atoms with van der Waals surface area (Å²) in [6.45, 7) is 9.02. The van der Waals surface area contributed by atoms with Crippen molar-refractivity contribution in [1.82, 2.24) is 0 Å². The summed E-state index contributed by atoms with van der Waals surface area (Å²) >= 11 is 0. The summed E-state index contributed by atoms with van der Waals surface area (Å²) in [5.74, 6) is -0.0471. The minimum atomic E-state index is -3.21. The molecule has 0 aromatic heterocycles. The monoisotopic (exact) mass is 396 g/mol. The maximum atomic E-state index is 12.7. The Balaban J connectivity index is 1.87. The summed E-state index contributed by atoms with van der Waals surface area (Å²) in [5, 5.41) is 0. The lowest BCUT2D eigenvalue weighted by atomic mass is 9.63. The van der Waals surface area contributed by atoms with Gasteiger partial charge >= 0.3 is 0 Å². The molecule has 0 saturated heterocycles. The van der Waals surface area contributed by atoms with Gasteiger partial charge in [-0.1, -0.05) is 58.0 Å². The van der Waals surface area contributed by atoms with E-state index in [1.165, 1.54) is 17.4 Å². The number of allylic oxidation sites excluding steroid dienone is 1. The maximum Gasteiger partial charge on any atom is 0.185 e. The molecule has 0 radical (unpaired) electrons. The van der Waals surface area contributed by atoms with Crippen molar-refractivity contribution in [1.29, 1.82) is 0 Å². The van der Waals surface area contributed by atoms with Crippen molar-refractivity contribution in [2.75, 3.05) is 6.26 Å². The molecule has 148 valence electrons.